The van der Waals surface area contributed by atoms with Crippen molar-refractivity contribution in [3.8, 4) is 0 Å². The van der Waals surface area contributed by atoms with E-state index in [4.69, 9.17) is 0 Å². The van der Waals surface area contributed by atoms with Gasteiger partial charge in [-0.2, -0.15) is 0 Å². The molecule has 15 heavy (non-hydrogen) atoms. The van der Waals surface area contributed by atoms with E-state index in [9.17, 15) is 10.1 Å². The van der Waals surface area contributed by atoms with Crippen molar-refractivity contribution >= 4 is 39.9 Å². The van der Waals surface area contributed by atoms with Gasteiger partial charge in [-0.25, -0.2) is 4.99 Å². The molecule has 1 aliphatic heterocycles. The van der Waals surface area contributed by atoms with Crippen LogP contribution in [0.15, 0.2) is 28.1 Å². The smallest absolute Gasteiger partial charge is 0.258 e. The van der Waals surface area contributed by atoms with Gasteiger partial charge in [-0.15, -0.1) is 23.5 Å². The highest BCUT2D eigenvalue weighted by Gasteiger charge is 2.15. The Hall–Kier alpha value is -1.01. The van der Waals surface area contributed by atoms with Gasteiger partial charge in [0.15, 0.2) is 0 Å². The van der Waals surface area contributed by atoms with E-state index >= 15 is 0 Å². The van der Waals surface area contributed by atoms with Gasteiger partial charge in [0.2, 0.25) is 0 Å². The van der Waals surface area contributed by atoms with Gasteiger partial charge in [-0.05, 0) is 12.3 Å². The quantitative estimate of drug-likeness (QED) is 0.559. The fourth-order valence-corrected chi connectivity index (χ4v) is 2.88. The highest BCUT2D eigenvalue weighted by molar-refractivity contribution is 8.15. The Morgan fingerprint density at radius 1 is 1.60 bits per heavy atom. The molecule has 0 bridgehead atoms. The minimum absolute atomic E-state index is 0.129. The van der Waals surface area contributed by atoms with Crippen molar-refractivity contribution in [2.45, 2.75) is 4.90 Å². The lowest BCUT2D eigenvalue weighted by molar-refractivity contribution is -0.385. The van der Waals surface area contributed by atoms with Crippen LogP contribution in [0.3, 0.4) is 0 Å². The predicted octanol–water partition coefficient (Wildman–Crippen LogP) is 3.09. The summed E-state index contributed by atoms with van der Waals surface area (Å²) >= 11 is 3.21. The normalized spacial score (nSPS) is 14.3. The van der Waals surface area contributed by atoms with E-state index in [0.29, 0.717) is 0 Å². The highest BCUT2D eigenvalue weighted by Crippen LogP contribution is 2.37. The van der Waals surface area contributed by atoms with Crippen LogP contribution in [0.4, 0.5) is 11.4 Å². The summed E-state index contributed by atoms with van der Waals surface area (Å²) in [6.07, 6.45) is 1.98. The Balaban J connectivity index is 2.41. The standard InChI is InChI=1S/C9H8N2O2S2/c1-14-9-5-15-8-4-6(11(12)13)2-3-7(8)10-9/h2-4H,5H2,1H3. The molecule has 0 radical (unpaired) electrons. The minimum Gasteiger partial charge on any atom is -0.258 e. The number of nitrogens with zero attached hydrogens (tertiary/aromatic N) is 2. The molecule has 0 aromatic heterocycles. The van der Waals surface area contributed by atoms with E-state index in [1.807, 2.05) is 6.26 Å². The van der Waals surface area contributed by atoms with Gasteiger partial charge in [-0.1, -0.05) is 0 Å². The van der Waals surface area contributed by atoms with E-state index in [-0.39, 0.29) is 10.6 Å². The van der Waals surface area contributed by atoms with Crippen LogP contribution in [0, 0.1) is 10.1 Å². The third-order valence-corrected chi connectivity index (χ3v) is 3.93. The average Bonchev–Trinajstić information content (AvgIpc) is 2.27. The molecular weight excluding hydrogens is 232 g/mol. The molecule has 6 heteroatoms. The summed E-state index contributed by atoms with van der Waals surface area (Å²) in [5, 5.41) is 11.6. The number of aliphatic imine (C=N–C) groups is 1. The number of non-ortho nitro benzene ring substituents is 1. The predicted molar refractivity (Wildman–Crippen MR) is 64.4 cm³/mol. The van der Waals surface area contributed by atoms with Crippen molar-refractivity contribution in [3.05, 3.63) is 28.3 Å². The van der Waals surface area contributed by atoms with Crippen LogP contribution in [0.5, 0.6) is 0 Å². The second-order valence-electron chi connectivity index (χ2n) is 2.91. The average molecular weight is 240 g/mol. The lowest BCUT2D eigenvalue weighted by atomic mass is 10.3. The van der Waals surface area contributed by atoms with E-state index < -0.39 is 0 Å². The maximum absolute atomic E-state index is 10.6. The number of benzene rings is 1. The summed E-state index contributed by atoms with van der Waals surface area (Å²) < 4.78 is 0. The number of hydrogen-bond donors (Lipinski definition) is 0. The fraction of sp³-hybridized carbons (Fsp3) is 0.222. The minimum atomic E-state index is -0.380. The van der Waals surface area contributed by atoms with Gasteiger partial charge >= 0.3 is 0 Å². The molecule has 4 nitrogen and oxygen atoms in total. The molecule has 0 spiro atoms. The third kappa shape index (κ3) is 2.15. The topological polar surface area (TPSA) is 55.5 Å². The van der Waals surface area contributed by atoms with Crippen molar-refractivity contribution in [3.63, 3.8) is 0 Å². The molecule has 0 fully saturated rings. The number of hydrogen-bond acceptors (Lipinski definition) is 5. The summed E-state index contributed by atoms with van der Waals surface area (Å²) in [6, 6.07) is 4.78. The monoisotopic (exact) mass is 240 g/mol. The zero-order valence-electron chi connectivity index (χ0n) is 7.97. The van der Waals surface area contributed by atoms with Gasteiger partial charge in [0.1, 0.15) is 0 Å². The van der Waals surface area contributed by atoms with Gasteiger partial charge in [0.05, 0.1) is 15.7 Å². The molecule has 0 unspecified atom stereocenters. The number of rotatable bonds is 1. The van der Waals surface area contributed by atoms with Crippen LogP contribution >= 0.6 is 23.5 Å². The molecule has 0 saturated heterocycles. The summed E-state index contributed by atoms with van der Waals surface area (Å²) in [5.74, 6) is 0.801. The van der Waals surface area contributed by atoms with Gasteiger partial charge in [-0.3, -0.25) is 10.1 Å². The van der Waals surface area contributed by atoms with Crippen molar-refractivity contribution in [1.29, 1.82) is 0 Å². The summed E-state index contributed by atoms with van der Waals surface area (Å²) in [4.78, 5) is 15.5. The van der Waals surface area contributed by atoms with E-state index in [0.717, 1.165) is 21.4 Å². The van der Waals surface area contributed by atoms with Gasteiger partial charge in [0.25, 0.3) is 5.69 Å². The van der Waals surface area contributed by atoms with Gasteiger partial charge in [0, 0.05) is 22.8 Å². The summed E-state index contributed by atoms with van der Waals surface area (Å²) in [6.45, 7) is 0. The Morgan fingerprint density at radius 3 is 3.07 bits per heavy atom. The van der Waals surface area contributed by atoms with E-state index in [1.165, 1.54) is 6.07 Å². The third-order valence-electron chi connectivity index (χ3n) is 1.99. The summed E-state index contributed by atoms with van der Waals surface area (Å²) in [7, 11) is 0. The molecule has 0 N–H and O–H groups in total. The number of nitro benzene ring substituents is 1. The molecule has 78 valence electrons. The first-order chi connectivity index (χ1) is 7.20. The number of fused-ring (bicyclic) bond motifs is 1. The summed E-state index contributed by atoms with van der Waals surface area (Å²) in [5.41, 5.74) is 0.963. The molecule has 2 rings (SSSR count). The largest absolute Gasteiger partial charge is 0.270 e. The Bertz CT molecular complexity index is 446. The molecule has 1 aliphatic rings. The van der Waals surface area contributed by atoms with Crippen LogP contribution in [-0.4, -0.2) is 22.0 Å². The number of nitro groups is 1. The zero-order valence-corrected chi connectivity index (χ0v) is 9.60. The Kier molecular flexibility index (Phi) is 2.97. The molecular formula is C9H8N2O2S2. The molecule has 1 aromatic rings. The first-order valence-electron chi connectivity index (χ1n) is 4.23. The van der Waals surface area contributed by atoms with E-state index in [2.05, 4.69) is 4.99 Å². The maximum atomic E-state index is 10.6. The Labute approximate surface area is 95.3 Å². The van der Waals surface area contributed by atoms with Crippen LogP contribution in [0.25, 0.3) is 0 Å². The fourth-order valence-electron chi connectivity index (χ4n) is 1.24. The Morgan fingerprint density at radius 2 is 2.40 bits per heavy atom. The maximum Gasteiger partial charge on any atom is 0.270 e. The second kappa shape index (κ2) is 4.24. The van der Waals surface area contributed by atoms with Crippen molar-refractivity contribution < 1.29 is 4.92 Å². The number of thioether (sulfide) groups is 2. The second-order valence-corrected chi connectivity index (χ2v) is 4.80. The lowest BCUT2D eigenvalue weighted by Crippen LogP contribution is -2.00. The van der Waals surface area contributed by atoms with Crippen molar-refractivity contribution in [1.82, 2.24) is 0 Å². The first-order valence-corrected chi connectivity index (χ1v) is 6.44. The molecule has 1 heterocycles. The highest BCUT2D eigenvalue weighted by atomic mass is 32.2. The lowest BCUT2D eigenvalue weighted by Gasteiger charge is -2.12. The van der Waals surface area contributed by atoms with Crippen LogP contribution in [0.2, 0.25) is 0 Å². The van der Waals surface area contributed by atoms with E-state index in [1.54, 1.807) is 35.7 Å². The molecule has 0 amide bonds. The van der Waals surface area contributed by atoms with Crippen LogP contribution < -0.4 is 0 Å². The molecule has 1 aromatic carbocycles. The van der Waals surface area contributed by atoms with Gasteiger partial charge < -0.3 is 0 Å². The molecule has 0 atom stereocenters. The van der Waals surface area contributed by atoms with Crippen molar-refractivity contribution in [2.24, 2.45) is 4.99 Å². The SMILES string of the molecule is CSC1=Nc2ccc([N+](=O)[O-])cc2SC1. The van der Waals surface area contributed by atoms with Crippen LogP contribution in [-0.2, 0) is 0 Å². The zero-order chi connectivity index (χ0) is 10.8. The molecule has 0 aliphatic carbocycles. The van der Waals surface area contributed by atoms with Crippen molar-refractivity contribution in [2.75, 3.05) is 12.0 Å². The molecule has 0 saturated carbocycles. The first kappa shape index (κ1) is 10.5. The van der Waals surface area contributed by atoms with Crippen LogP contribution in [0.1, 0.15) is 0 Å².